The molecule has 4 heteroatoms. The number of carbonyl (C=O) groups excluding carboxylic acids is 1. The Morgan fingerprint density at radius 1 is 1.35 bits per heavy atom. The number of esters is 1. The van der Waals surface area contributed by atoms with Crippen LogP contribution in [0.5, 0.6) is 0 Å². The first-order valence-electron chi connectivity index (χ1n) is 7.87. The molecule has 20 heavy (non-hydrogen) atoms. The second kappa shape index (κ2) is 5.64. The van der Waals surface area contributed by atoms with Crippen molar-refractivity contribution in [1.29, 1.82) is 0 Å². The zero-order chi connectivity index (χ0) is 15.0. The van der Waals surface area contributed by atoms with Crippen LogP contribution in [0.15, 0.2) is 0 Å². The van der Waals surface area contributed by atoms with Crippen molar-refractivity contribution in [2.45, 2.75) is 64.5 Å². The Balaban J connectivity index is 1.99. The SMILES string of the molecule is COC(=O)C1(N)CCCC(N2CCC(C(C)(C)C)C2)C1. The summed E-state index contributed by atoms with van der Waals surface area (Å²) < 4.78 is 4.90. The molecule has 0 bridgehead atoms. The summed E-state index contributed by atoms with van der Waals surface area (Å²) in [6.07, 6.45) is 4.94. The molecule has 1 aliphatic carbocycles. The van der Waals surface area contributed by atoms with Crippen LogP contribution in [-0.4, -0.2) is 42.6 Å². The van der Waals surface area contributed by atoms with E-state index >= 15 is 0 Å². The molecule has 4 nitrogen and oxygen atoms in total. The standard InChI is InChI=1S/C16H30N2O2/c1-15(2,3)12-7-9-18(11-12)13-6-5-8-16(17,10-13)14(19)20-4/h12-13H,5-11,17H2,1-4H3. The van der Waals surface area contributed by atoms with Gasteiger partial charge in [0, 0.05) is 12.6 Å². The zero-order valence-electron chi connectivity index (χ0n) is 13.4. The van der Waals surface area contributed by atoms with Gasteiger partial charge in [0.1, 0.15) is 5.54 Å². The van der Waals surface area contributed by atoms with Crippen LogP contribution in [0.1, 0.15) is 52.9 Å². The van der Waals surface area contributed by atoms with Gasteiger partial charge in [0.05, 0.1) is 7.11 Å². The first-order valence-corrected chi connectivity index (χ1v) is 7.87. The summed E-state index contributed by atoms with van der Waals surface area (Å²) in [5.41, 5.74) is 5.89. The van der Waals surface area contributed by atoms with Crippen LogP contribution in [0.2, 0.25) is 0 Å². The van der Waals surface area contributed by atoms with Crippen molar-refractivity contribution in [3.63, 3.8) is 0 Å². The van der Waals surface area contributed by atoms with Gasteiger partial charge in [0.15, 0.2) is 0 Å². The van der Waals surface area contributed by atoms with E-state index in [2.05, 4.69) is 25.7 Å². The Morgan fingerprint density at radius 3 is 2.60 bits per heavy atom. The molecule has 0 aromatic carbocycles. The monoisotopic (exact) mass is 282 g/mol. The molecule has 2 rings (SSSR count). The molecule has 0 aromatic heterocycles. The average molecular weight is 282 g/mol. The maximum absolute atomic E-state index is 11.9. The molecule has 0 amide bonds. The van der Waals surface area contributed by atoms with Crippen molar-refractivity contribution in [3.05, 3.63) is 0 Å². The lowest BCUT2D eigenvalue weighted by molar-refractivity contribution is -0.149. The molecule has 3 unspecified atom stereocenters. The van der Waals surface area contributed by atoms with Crippen LogP contribution in [0.25, 0.3) is 0 Å². The lowest BCUT2D eigenvalue weighted by atomic mass is 9.78. The number of nitrogens with zero attached hydrogens (tertiary/aromatic N) is 1. The lowest BCUT2D eigenvalue weighted by Gasteiger charge is -2.40. The summed E-state index contributed by atoms with van der Waals surface area (Å²) >= 11 is 0. The van der Waals surface area contributed by atoms with Crippen molar-refractivity contribution < 1.29 is 9.53 Å². The van der Waals surface area contributed by atoms with Gasteiger partial charge in [-0.1, -0.05) is 20.8 Å². The number of methoxy groups -OCH3 is 1. The first-order chi connectivity index (χ1) is 9.26. The van der Waals surface area contributed by atoms with E-state index in [0.29, 0.717) is 11.5 Å². The van der Waals surface area contributed by atoms with Gasteiger partial charge < -0.3 is 10.5 Å². The molecule has 2 fully saturated rings. The van der Waals surface area contributed by atoms with Crippen LogP contribution >= 0.6 is 0 Å². The summed E-state index contributed by atoms with van der Waals surface area (Å²) in [6.45, 7) is 9.26. The van der Waals surface area contributed by atoms with E-state index in [0.717, 1.165) is 44.7 Å². The molecule has 0 radical (unpaired) electrons. The third-order valence-corrected chi connectivity index (χ3v) is 5.31. The molecule has 1 saturated carbocycles. The number of carbonyl (C=O) groups is 1. The van der Waals surface area contributed by atoms with Gasteiger partial charge in [-0.15, -0.1) is 0 Å². The van der Waals surface area contributed by atoms with E-state index in [1.165, 1.54) is 13.5 Å². The number of likely N-dealkylation sites (tertiary alicyclic amines) is 1. The highest BCUT2D eigenvalue weighted by molar-refractivity contribution is 5.80. The molecule has 1 saturated heterocycles. The van der Waals surface area contributed by atoms with Gasteiger partial charge >= 0.3 is 5.97 Å². The molecule has 0 spiro atoms. The van der Waals surface area contributed by atoms with E-state index in [9.17, 15) is 4.79 Å². The summed E-state index contributed by atoms with van der Waals surface area (Å²) in [4.78, 5) is 14.5. The Kier molecular flexibility index (Phi) is 4.45. The average Bonchev–Trinajstić information content (AvgIpc) is 2.87. The molecule has 0 aromatic rings. The van der Waals surface area contributed by atoms with Gasteiger partial charge in [-0.05, 0) is 50.0 Å². The highest BCUT2D eigenvalue weighted by atomic mass is 16.5. The van der Waals surface area contributed by atoms with Crippen molar-refractivity contribution in [3.8, 4) is 0 Å². The molecule has 1 aliphatic heterocycles. The number of hydrogen-bond donors (Lipinski definition) is 1. The van der Waals surface area contributed by atoms with E-state index in [1.807, 2.05) is 0 Å². The molecular formula is C16H30N2O2. The van der Waals surface area contributed by atoms with Crippen LogP contribution in [0.3, 0.4) is 0 Å². The predicted molar refractivity (Wildman–Crippen MR) is 80.3 cm³/mol. The van der Waals surface area contributed by atoms with Gasteiger partial charge in [0.2, 0.25) is 0 Å². The van der Waals surface area contributed by atoms with Gasteiger partial charge in [0.25, 0.3) is 0 Å². The summed E-state index contributed by atoms with van der Waals surface area (Å²) in [5, 5.41) is 0. The van der Waals surface area contributed by atoms with Gasteiger partial charge in [-0.3, -0.25) is 9.69 Å². The van der Waals surface area contributed by atoms with E-state index < -0.39 is 5.54 Å². The third kappa shape index (κ3) is 3.17. The summed E-state index contributed by atoms with van der Waals surface area (Å²) in [7, 11) is 1.44. The van der Waals surface area contributed by atoms with Crippen LogP contribution in [-0.2, 0) is 9.53 Å². The second-order valence-electron chi connectivity index (χ2n) is 7.74. The largest absolute Gasteiger partial charge is 0.468 e. The number of rotatable bonds is 2. The van der Waals surface area contributed by atoms with E-state index in [1.54, 1.807) is 0 Å². The minimum Gasteiger partial charge on any atom is -0.468 e. The minimum atomic E-state index is -0.766. The van der Waals surface area contributed by atoms with Gasteiger partial charge in [-0.2, -0.15) is 0 Å². The highest BCUT2D eigenvalue weighted by Gasteiger charge is 2.44. The van der Waals surface area contributed by atoms with Crippen molar-refractivity contribution in [2.24, 2.45) is 17.1 Å². The van der Waals surface area contributed by atoms with Crippen LogP contribution < -0.4 is 5.73 Å². The number of nitrogens with two attached hydrogens (primary N) is 1. The topological polar surface area (TPSA) is 55.6 Å². The number of hydrogen-bond acceptors (Lipinski definition) is 4. The fourth-order valence-corrected chi connectivity index (χ4v) is 3.80. The second-order valence-corrected chi connectivity index (χ2v) is 7.74. The lowest BCUT2D eigenvalue weighted by Crippen LogP contribution is -2.56. The molecule has 1 heterocycles. The Morgan fingerprint density at radius 2 is 2.05 bits per heavy atom. The Labute approximate surface area is 123 Å². The van der Waals surface area contributed by atoms with Crippen molar-refractivity contribution in [2.75, 3.05) is 20.2 Å². The zero-order valence-corrected chi connectivity index (χ0v) is 13.4. The molecule has 3 atom stereocenters. The quantitative estimate of drug-likeness (QED) is 0.789. The fourth-order valence-electron chi connectivity index (χ4n) is 3.80. The van der Waals surface area contributed by atoms with E-state index in [-0.39, 0.29) is 5.97 Å². The Bertz CT molecular complexity index is 364. The van der Waals surface area contributed by atoms with Crippen LogP contribution in [0.4, 0.5) is 0 Å². The predicted octanol–water partition coefficient (Wildman–Crippen LogP) is 2.17. The first kappa shape index (κ1) is 15.8. The maximum atomic E-state index is 11.9. The smallest absolute Gasteiger partial charge is 0.325 e. The molecular weight excluding hydrogens is 252 g/mol. The summed E-state index contributed by atoms with van der Waals surface area (Å²) in [5.74, 6) is 0.503. The third-order valence-electron chi connectivity index (χ3n) is 5.31. The van der Waals surface area contributed by atoms with Crippen LogP contribution in [0, 0.1) is 11.3 Å². The molecule has 2 N–H and O–H groups in total. The highest BCUT2D eigenvalue weighted by Crippen LogP contribution is 2.38. The van der Waals surface area contributed by atoms with Crippen molar-refractivity contribution >= 4 is 5.97 Å². The minimum absolute atomic E-state index is 0.242. The molecule has 116 valence electrons. The van der Waals surface area contributed by atoms with Crippen molar-refractivity contribution in [1.82, 2.24) is 4.90 Å². The van der Waals surface area contributed by atoms with E-state index in [4.69, 9.17) is 10.5 Å². The maximum Gasteiger partial charge on any atom is 0.325 e. The Hall–Kier alpha value is -0.610. The summed E-state index contributed by atoms with van der Waals surface area (Å²) in [6, 6.07) is 0.445. The normalized spacial score (nSPS) is 36.0. The number of ether oxygens (including phenoxy) is 1. The molecule has 2 aliphatic rings. The fraction of sp³-hybridized carbons (Fsp3) is 0.938. The van der Waals surface area contributed by atoms with Gasteiger partial charge in [-0.25, -0.2) is 0 Å².